The Labute approximate surface area is 159 Å². The number of phenolic OH excluding ortho intramolecular Hbond substituents is 1. The zero-order valence-corrected chi connectivity index (χ0v) is 16.5. The summed E-state index contributed by atoms with van der Waals surface area (Å²) in [7, 11) is -8.79. The fourth-order valence-corrected chi connectivity index (χ4v) is 4.77. The van der Waals surface area contributed by atoms with E-state index < -0.39 is 41.7 Å². The summed E-state index contributed by atoms with van der Waals surface area (Å²) in [5, 5.41) is 10.1. The molecule has 2 aromatic carbocycles. The number of ether oxygens (including phenoxy) is 1. The van der Waals surface area contributed by atoms with Crippen LogP contribution in [0.1, 0.15) is 11.1 Å². The lowest BCUT2D eigenvalue weighted by Crippen LogP contribution is -2.30. The van der Waals surface area contributed by atoms with E-state index in [1.165, 1.54) is 43.0 Å². The molecule has 2 rings (SSSR count). The number of rotatable bonds is 5. The van der Waals surface area contributed by atoms with Crippen molar-refractivity contribution in [2.45, 2.75) is 29.1 Å². The average Bonchev–Trinajstić information content (AvgIpc) is 2.57. The van der Waals surface area contributed by atoms with Gasteiger partial charge in [0.15, 0.2) is 0 Å². The van der Waals surface area contributed by atoms with E-state index in [9.17, 15) is 35.1 Å². The number of sulfone groups is 1. The van der Waals surface area contributed by atoms with Crippen LogP contribution in [-0.4, -0.2) is 34.6 Å². The number of alkyl halides is 3. The van der Waals surface area contributed by atoms with Gasteiger partial charge in [-0.05, 0) is 55.3 Å². The first-order valence-electron chi connectivity index (χ1n) is 7.53. The molecule has 0 radical (unpaired) electrons. The maximum atomic E-state index is 12.9. The molecule has 0 aliphatic rings. The largest absolute Gasteiger partial charge is 0.516 e. The molecule has 0 aromatic heterocycles. The van der Waals surface area contributed by atoms with E-state index in [2.05, 4.69) is 0 Å². The lowest BCUT2D eigenvalue weighted by molar-refractivity contribution is -0.0429. The van der Waals surface area contributed by atoms with E-state index in [4.69, 9.17) is 4.74 Å². The van der Waals surface area contributed by atoms with E-state index in [-0.39, 0.29) is 16.0 Å². The molecule has 0 fully saturated rings. The van der Waals surface area contributed by atoms with E-state index in [1.807, 2.05) is 0 Å². The van der Waals surface area contributed by atoms with Gasteiger partial charge >= 0.3 is 15.5 Å². The summed E-state index contributed by atoms with van der Waals surface area (Å²) < 4.78 is 93.1. The number of methoxy groups -OCH3 is 1. The first-order valence-corrected chi connectivity index (χ1v) is 10.5. The van der Waals surface area contributed by atoms with Crippen molar-refractivity contribution in [2.75, 3.05) is 11.8 Å². The summed E-state index contributed by atoms with van der Waals surface area (Å²) >= 11 is 0. The Morgan fingerprint density at radius 3 is 2.04 bits per heavy atom. The Bertz CT molecular complexity index is 1110. The third kappa shape index (κ3) is 3.87. The van der Waals surface area contributed by atoms with Gasteiger partial charge in [-0.3, -0.25) is 4.72 Å². The number of sulfonamides is 1. The van der Waals surface area contributed by atoms with Crippen LogP contribution in [0.15, 0.2) is 40.1 Å². The molecule has 0 aliphatic carbocycles. The molecule has 0 atom stereocenters. The number of anilines is 1. The van der Waals surface area contributed by atoms with Crippen LogP contribution in [-0.2, 0) is 19.9 Å². The van der Waals surface area contributed by atoms with Gasteiger partial charge in [0.1, 0.15) is 16.4 Å². The van der Waals surface area contributed by atoms with Crippen molar-refractivity contribution in [1.82, 2.24) is 0 Å². The number of aryl methyl sites for hydroxylation is 1. The molecular weight excluding hydrogens is 423 g/mol. The Balaban J connectivity index is 2.69. The van der Waals surface area contributed by atoms with Crippen molar-refractivity contribution >= 4 is 25.5 Å². The summed E-state index contributed by atoms with van der Waals surface area (Å²) in [6.45, 7) is 2.32. The highest BCUT2D eigenvalue weighted by atomic mass is 32.2. The van der Waals surface area contributed by atoms with Crippen molar-refractivity contribution in [3.8, 4) is 11.5 Å². The van der Waals surface area contributed by atoms with Gasteiger partial charge in [0, 0.05) is 0 Å². The molecular formula is C16H16F3NO6S2. The van der Waals surface area contributed by atoms with Gasteiger partial charge in [-0.15, -0.1) is 0 Å². The van der Waals surface area contributed by atoms with Gasteiger partial charge in [0.05, 0.1) is 17.7 Å². The first-order chi connectivity index (χ1) is 12.7. The maximum Gasteiger partial charge on any atom is 0.516 e. The predicted molar refractivity (Wildman–Crippen MR) is 94.6 cm³/mol. The minimum Gasteiger partial charge on any atom is -0.507 e. The van der Waals surface area contributed by atoms with Crippen LogP contribution in [0.2, 0.25) is 0 Å². The van der Waals surface area contributed by atoms with E-state index >= 15 is 0 Å². The van der Waals surface area contributed by atoms with Crippen molar-refractivity contribution in [2.24, 2.45) is 0 Å². The zero-order valence-electron chi connectivity index (χ0n) is 14.8. The quantitative estimate of drug-likeness (QED) is 0.693. The normalized spacial score (nSPS) is 12.6. The van der Waals surface area contributed by atoms with E-state index in [0.717, 1.165) is 13.0 Å². The molecule has 0 unspecified atom stereocenters. The van der Waals surface area contributed by atoms with Gasteiger partial charge in [0.25, 0.3) is 0 Å². The minimum atomic E-state index is -5.79. The van der Waals surface area contributed by atoms with Gasteiger partial charge in [-0.25, -0.2) is 8.42 Å². The van der Waals surface area contributed by atoms with E-state index in [1.54, 1.807) is 0 Å². The van der Waals surface area contributed by atoms with Crippen LogP contribution in [0.3, 0.4) is 0 Å². The topological polar surface area (TPSA) is 110 Å². The molecule has 2 aromatic rings. The monoisotopic (exact) mass is 439 g/mol. The third-order valence-electron chi connectivity index (χ3n) is 3.88. The third-order valence-corrected chi connectivity index (χ3v) is 6.90. The highest BCUT2D eigenvalue weighted by Gasteiger charge is 2.46. The lowest BCUT2D eigenvalue weighted by Gasteiger charge is -2.18. The number of halogens is 3. The number of hydrogen-bond donors (Lipinski definition) is 2. The van der Waals surface area contributed by atoms with Crippen LogP contribution in [0.5, 0.6) is 11.5 Å². The second-order valence-electron chi connectivity index (χ2n) is 5.77. The van der Waals surface area contributed by atoms with Crippen LogP contribution in [0.25, 0.3) is 0 Å². The number of hydrogen-bond acceptors (Lipinski definition) is 6. The average molecular weight is 439 g/mol. The Kier molecular flexibility index (Phi) is 5.59. The maximum absolute atomic E-state index is 12.9. The SMILES string of the molecule is COc1ccc(S(=O)(=O)c2c(O)cc(C)c(NS(=O)(=O)C(F)(F)F)c2C)cc1. The lowest BCUT2D eigenvalue weighted by atomic mass is 10.1. The zero-order chi connectivity index (χ0) is 21.5. The molecule has 154 valence electrons. The van der Waals surface area contributed by atoms with Crippen molar-refractivity contribution in [3.05, 3.63) is 41.5 Å². The first kappa shape index (κ1) is 21.8. The highest BCUT2D eigenvalue weighted by Crippen LogP contribution is 2.39. The summed E-state index contributed by atoms with van der Waals surface area (Å²) in [5.41, 5.74) is -6.64. The molecule has 0 saturated heterocycles. The molecule has 0 aliphatic heterocycles. The summed E-state index contributed by atoms with van der Waals surface area (Å²) in [6, 6.07) is 5.94. The van der Waals surface area contributed by atoms with Crippen molar-refractivity contribution in [1.29, 1.82) is 0 Å². The molecule has 0 amide bonds. The summed E-state index contributed by atoms with van der Waals surface area (Å²) in [5.74, 6) is -0.358. The van der Waals surface area contributed by atoms with Crippen molar-refractivity contribution < 1.29 is 39.9 Å². The van der Waals surface area contributed by atoms with Crippen molar-refractivity contribution in [3.63, 3.8) is 0 Å². The van der Waals surface area contributed by atoms with E-state index in [0.29, 0.717) is 5.75 Å². The summed E-state index contributed by atoms with van der Waals surface area (Å²) in [6.07, 6.45) is 0. The highest BCUT2D eigenvalue weighted by molar-refractivity contribution is 7.93. The molecule has 28 heavy (non-hydrogen) atoms. The molecule has 7 nitrogen and oxygen atoms in total. The number of phenols is 1. The minimum absolute atomic E-state index is 0.0866. The Hall–Kier alpha value is -2.47. The van der Waals surface area contributed by atoms with Gasteiger partial charge < -0.3 is 9.84 Å². The second-order valence-corrected chi connectivity index (χ2v) is 9.33. The van der Waals surface area contributed by atoms with Crippen LogP contribution in [0.4, 0.5) is 18.9 Å². The fourth-order valence-electron chi connectivity index (χ4n) is 2.51. The molecule has 2 N–H and O–H groups in total. The predicted octanol–water partition coefficient (Wildman–Crippen LogP) is 3.11. The molecule has 0 bridgehead atoms. The van der Waals surface area contributed by atoms with Gasteiger partial charge in [0.2, 0.25) is 9.84 Å². The fraction of sp³-hybridized carbons (Fsp3) is 0.250. The molecule has 0 spiro atoms. The molecule has 12 heteroatoms. The number of aromatic hydroxyl groups is 1. The Morgan fingerprint density at radius 2 is 1.57 bits per heavy atom. The number of benzene rings is 2. The smallest absolute Gasteiger partial charge is 0.507 e. The second kappa shape index (κ2) is 7.17. The van der Waals surface area contributed by atoms with Crippen LogP contribution < -0.4 is 9.46 Å². The van der Waals surface area contributed by atoms with Gasteiger partial charge in [-0.2, -0.15) is 21.6 Å². The summed E-state index contributed by atoms with van der Waals surface area (Å²) in [4.78, 5) is -0.969. The Morgan fingerprint density at radius 1 is 1.04 bits per heavy atom. The van der Waals surface area contributed by atoms with Crippen LogP contribution >= 0.6 is 0 Å². The van der Waals surface area contributed by atoms with Crippen LogP contribution in [0, 0.1) is 13.8 Å². The standard InChI is InChI=1S/C16H16F3NO6S2/c1-9-8-13(21)15(10(2)14(9)20-28(24,25)16(17,18)19)27(22,23)12-6-4-11(26-3)5-7-12/h4-8,20-21H,1-3H3. The van der Waals surface area contributed by atoms with Gasteiger partial charge in [-0.1, -0.05) is 0 Å². The molecule has 0 saturated carbocycles. The molecule has 0 heterocycles. The number of nitrogens with one attached hydrogen (secondary N) is 1.